The first kappa shape index (κ1) is 18.6. The van der Waals surface area contributed by atoms with Crippen molar-refractivity contribution in [3.63, 3.8) is 0 Å². The third-order valence-electron chi connectivity index (χ3n) is 0. The second-order valence-corrected chi connectivity index (χ2v) is 17.9. The summed E-state index contributed by atoms with van der Waals surface area (Å²) in [5.74, 6) is 0. The first-order valence-corrected chi connectivity index (χ1v) is 21.3. The predicted octanol–water partition coefficient (Wildman–Crippen LogP) is 3.53. The van der Waals surface area contributed by atoms with E-state index in [0.717, 1.165) is 0 Å². The average molecular weight is 386 g/mol. The third kappa shape index (κ3) is 346. The van der Waals surface area contributed by atoms with Crippen LogP contribution in [-0.2, 0) is 0 Å². The van der Waals surface area contributed by atoms with Crippen molar-refractivity contribution in [3.8, 4) is 0 Å². The molecule has 4 radical (unpaired) electrons. The molecule has 0 aromatic rings. The Kier molecular flexibility index (Phi) is 30.0. The molecule has 0 nitrogen and oxygen atoms in total. The van der Waals surface area contributed by atoms with E-state index in [1.807, 2.05) is 0 Å². The van der Waals surface area contributed by atoms with Crippen molar-refractivity contribution in [1.29, 1.82) is 0 Å². The zero-order chi connectivity index (χ0) is 9.86. The zero-order valence-corrected chi connectivity index (χ0v) is 16.2. The summed E-state index contributed by atoms with van der Waals surface area (Å²) >= 11 is -0.313. The van der Waals surface area contributed by atoms with E-state index in [1.165, 1.54) is 0 Å². The van der Waals surface area contributed by atoms with E-state index < -0.39 is 19.8 Å². The fraction of sp³-hybridized carbons (Fsp3) is 1.00. The van der Waals surface area contributed by atoms with E-state index >= 15 is 0 Å². The molecular formula is C8H24SiSn2. The van der Waals surface area contributed by atoms with Crippen LogP contribution in [0.5, 0.6) is 0 Å². The fourth-order valence-electron chi connectivity index (χ4n) is 0. The Balaban J connectivity index is -0.0000000886. The molecule has 0 saturated heterocycles. The van der Waals surface area contributed by atoms with Crippen LogP contribution < -0.4 is 0 Å². The van der Waals surface area contributed by atoms with Crippen molar-refractivity contribution in [2.75, 3.05) is 0 Å². The summed E-state index contributed by atoms with van der Waals surface area (Å²) in [6.07, 6.45) is 0. The SMILES string of the molecule is C[Si](C)C.[CH3][Sn]([CH3])[CH3].[CH3][Sn][CH3]. The van der Waals surface area contributed by atoms with Gasteiger partial charge in [0.25, 0.3) is 0 Å². The third-order valence-corrected chi connectivity index (χ3v) is 0. The summed E-state index contributed by atoms with van der Waals surface area (Å²) < 4.78 is 0. The molecule has 0 spiro atoms. The summed E-state index contributed by atoms with van der Waals surface area (Å²) in [6, 6.07) is 0. The molecule has 0 heterocycles. The Morgan fingerprint density at radius 2 is 0.909 bits per heavy atom. The number of hydrogen-bond acceptors (Lipinski definition) is 0. The van der Waals surface area contributed by atoms with Gasteiger partial charge in [-0.2, -0.15) is 0 Å². The van der Waals surface area contributed by atoms with E-state index in [9.17, 15) is 0 Å². The van der Waals surface area contributed by atoms with Crippen LogP contribution in [0, 0.1) is 0 Å². The fourth-order valence-corrected chi connectivity index (χ4v) is 0. The number of hydrogen-bond donors (Lipinski definition) is 0. The topological polar surface area (TPSA) is 0 Å². The maximum atomic E-state index is 2.36. The Morgan fingerprint density at radius 3 is 0.909 bits per heavy atom. The van der Waals surface area contributed by atoms with Gasteiger partial charge in [0.15, 0.2) is 0 Å². The van der Waals surface area contributed by atoms with E-state index in [4.69, 9.17) is 0 Å². The van der Waals surface area contributed by atoms with Gasteiger partial charge < -0.3 is 0 Å². The van der Waals surface area contributed by atoms with E-state index in [0.29, 0.717) is 0 Å². The van der Waals surface area contributed by atoms with Gasteiger partial charge in [-0.1, -0.05) is 19.6 Å². The molecule has 11 heavy (non-hydrogen) atoms. The van der Waals surface area contributed by atoms with Gasteiger partial charge >= 0.3 is 65.6 Å². The van der Waals surface area contributed by atoms with Gasteiger partial charge in [-0.25, -0.2) is 0 Å². The molecule has 68 valence electrons. The molecule has 0 bridgehead atoms. The van der Waals surface area contributed by atoms with Gasteiger partial charge in [0.2, 0.25) is 0 Å². The van der Waals surface area contributed by atoms with Crippen LogP contribution in [0.4, 0.5) is 0 Å². The van der Waals surface area contributed by atoms with Crippen LogP contribution >= 0.6 is 0 Å². The van der Waals surface area contributed by atoms with Crippen molar-refractivity contribution in [3.05, 3.63) is 0 Å². The summed E-state index contributed by atoms with van der Waals surface area (Å²) in [6.45, 7) is 6.81. The van der Waals surface area contributed by atoms with Crippen LogP contribution in [0.2, 0.25) is 44.3 Å². The molecule has 0 saturated carbocycles. The van der Waals surface area contributed by atoms with Crippen LogP contribution in [0.15, 0.2) is 0 Å². The molecule has 0 atom stereocenters. The van der Waals surface area contributed by atoms with E-state index in [2.05, 4.69) is 44.3 Å². The van der Waals surface area contributed by atoms with Crippen molar-refractivity contribution in [1.82, 2.24) is 0 Å². The van der Waals surface area contributed by atoms with Gasteiger partial charge in [0.1, 0.15) is 0 Å². The van der Waals surface area contributed by atoms with Gasteiger partial charge in [-0.3, -0.25) is 0 Å². The first-order chi connectivity index (χ1) is 4.88. The molecule has 0 aromatic heterocycles. The monoisotopic (exact) mass is 388 g/mol. The van der Waals surface area contributed by atoms with Crippen LogP contribution in [-0.4, -0.2) is 49.7 Å². The quantitative estimate of drug-likeness (QED) is 0.560. The van der Waals surface area contributed by atoms with Gasteiger partial charge in [0, 0.05) is 8.80 Å². The Morgan fingerprint density at radius 1 is 0.909 bits per heavy atom. The molecule has 0 aliphatic heterocycles. The van der Waals surface area contributed by atoms with E-state index in [1.54, 1.807) is 0 Å². The standard InChI is InChI=1S/C3H9Si.5CH3.2Sn/c1-4(2)3;;;;;;;/h1-3H3;5*1H3;;. The van der Waals surface area contributed by atoms with Crippen LogP contribution in [0.25, 0.3) is 0 Å². The molecule has 0 rings (SSSR count). The Labute approximate surface area is 93.1 Å². The Hall–Kier alpha value is 1.81. The first-order valence-electron chi connectivity index (χ1n) is 4.00. The molecule has 0 aliphatic rings. The maximum absolute atomic E-state index is 2.36. The molecule has 0 N–H and O–H groups in total. The van der Waals surface area contributed by atoms with Crippen LogP contribution in [0.1, 0.15) is 0 Å². The average Bonchev–Trinajstić information content (AvgIpc) is 1.60. The summed E-state index contributed by atoms with van der Waals surface area (Å²) in [4.78, 5) is 11.7. The van der Waals surface area contributed by atoms with Gasteiger partial charge in [-0.05, 0) is 0 Å². The summed E-state index contributed by atoms with van der Waals surface area (Å²) in [5.41, 5.74) is 0. The molecule has 0 amide bonds. The Bertz CT molecular complexity index is 35.8. The van der Waals surface area contributed by atoms with E-state index in [-0.39, 0.29) is 29.9 Å². The van der Waals surface area contributed by atoms with Crippen molar-refractivity contribution < 1.29 is 0 Å². The normalized spacial score (nSPS) is 8.18. The molecular weight excluding hydrogens is 362 g/mol. The summed E-state index contributed by atoms with van der Waals surface area (Å²) in [7, 11) is 0.120. The van der Waals surface area contributed by atoms with Gasteiger partial charge in [-0.15, -0.1) is 0 Å². The molecule has 0 aliphatic carbocycles. The second-order valence-electron chi connectivity index (χ2n) is 3.50. The molecule has 0 aromatic carbocycles. The zero-order valence-electron chi connectivity index (χ0n) is 9.50. The minimum atomic E-state index is -0.543. The molecule has 3 heteroatoms. The van der Waals surface area contributed by atoms with Gasteiger partial charge in [0.05, 0.1) is 0 Å². The summed E-state index contributed by atoms with van der Waals surface area (Å²) in [5, 5.41) is 0. The van der Waals surface area contributed by atoms with Crippen LogP contribution in [0.3, 0.4) is 0 Å². The molecule has 0 fully saturated rings. The second kappa shape index (κ2) is 17.8. The minimum absolute atomic E-state index is 0.120. The number of rotatable bonds is 0. The van der Waals surface area contributed by atoms with Crippen molar-refractivity contribution >= 4 is 49.7 Å². The molecule has 0 unspecified atom stereocenters. The predicted molar refractivity (Wildman–Crippen MR) is 64.2 cm³/mol. The van der Waals surface area contributed by atoms with Crippen molar-refractivity contribution in [2.45, 2.75) is 44.3 Å². The van der Waals surface area contributed by atoms with Crippen molar-refractivity contribution in [2.24, 2.45) is 0 Å².